The second-order valence-corrected chi connectivity index (χ2v) is 6.44. The Balaban J connectivity index is 2.60. The highest BCUT2D eigenvalue weighted by atomic mass is 35.5. The molecule has 0 aliphatic carbocycles. The van der Waals surface area contributed by atoms with Gasteiger partial charge < -0.3 is 10.5 Å². The minimum absolute atomic E-state index is 0.137. The molecule has 0 amide bonds. The number of hydrogen-bond donors (Lipinski definition) is 1. The van der Waals surface area contributed by atoms with Gasteiger partial charge in [-0.25, -0.2) is 0 Å². The second-order valence-electron chi connectivity index (χ2n) is 5.09. The van der Waals surface area contributed by atoms with Gasteiger partial charge in [0.2, 0.25) is 0 Å². The van der Waals surface area contributed by atoms with Gasteiger partial charge in [-0.3, -0.25) is 4.79 Å². The fraction of sp³-hybridized carbons (Fsp3) is 0.615. The third-order valence-corrected chi connectivity index (χ3v) is 4.17. The Morgan fingerprint density at radius 1 is 1.61 bits per heavy atom. The molecule has 0 saturated carbocycles. The van der Waals surface area contributed by atoms with Gasteiger partial charge in [0, 0.05) is 10.9 Å². The molecule has 0 aromatic carbocycles. The molecule has 0 spiro atoms. The molecule has 1 rings (SSSR count). The van der Waals surface area contributed by atoms with E-state index >= 15 is 0 Å². The lowest BCUT2D eigenvalue weighted by Crippen LogP contribution is -2.24. The van der Waals surface area contributed by atoms with Crippen molar-refractivity contribution in [3.8, 4) is 0 Å². The molecule has 1 aromatic heterocycles. The van der Waals surface area contributed by atoms with Gasteiger partial charge >= 0.3 is 5.97 Å². The molecule has 18 heavy (non-hydrogen) atoms. The van der Waals surface area contributed by atoms with Crippen molar-refractivity contribution in [2.24, 2.45) is 11.1 Å². The molecule has 0 radical (unpaired) electrons. The van der Waals surface area contributed by atoms with E-state index in [4.69, 9.17) is 22.1 Å². The van der Waals surface area contributed by atoms with Crippen molar-refractivity contribution in [2.45, 2.75) is 39.7 Å². The summed E-state index contributed by atoms with van der Waals surface area (Å²) < 4.78 is 4.97. The van der Waals surface area contributed by atoms with Crippen LogP contribution >= 0.6 is 22.9 Å². The Hall–Kier alpha value is -0.580. The minimum Gasteiger partial charge on any atom is -0.466 e. The highest BCUT2D eigenvalue weighted by Gasteiger charge is 2.27. The summed E-state index contributed by atoms with van der Waals surface area (Å²) in [5.41, 5.74) is 5.95. The van der Waals surface area contributed by atoms with Crippen LogP contribution < -0.4 is 5.73 Å². The van der Waals surface area contributed by atoms with Crippen molar-refractivity contribution >= 4 is 28.9 Å². The van der Waals surface area contributed by atoms with Crippen LogP contribution in [0.15, 0.2) is 11.4 Å². The molecule has 0 saturated heterocycles. The zero-order valence-corrected chi connectivity index (χ0v) is 12.6. The third kappa shape index (κ3) is 4.59. The van der Waals surface area contributed by atoms with Gasteiger partial charge in [-0.15, -0.1) is 11.3 Å². The van der Waals surface area contributed by atoms with Crippen LogP contribution in [0.2, 0.25) is 5.02 Å². The quantitative estimate of drug-likeness (QED) is 0.811. The number of rotatable bonds is 6. The molecule has 1 aromatic rings. The van der Waals surface area contributed by atoms with Crippen molar-refractivity contribution in [1.29, 1.82) is 0 Å². The summed E-state index contributed by atoms with van der Waals surface area (Å²) in [7, 11) is 0. The van der Waals surface area contributed by atoms with Crippen molar-refractivity contribution in [2.75, 3.05) is 6.61 Å². The van der Waals surface area contributed by atoms with Crippen molar-refractivity contribution in [1.82, 2.24) is 0 Å². The molecule has 2 N–H and O–H groups in total. The summed E-state index contributed by atoms with van der Waals surface area (Å²) in [4.78, 5) is 12.5. The summed E-state index contributed by atoms with van der Waals surface area (Å²) >= 11 is 7.61. The highest BCUT2D eigenvalue weighted by Crippen LogP contribution is 2.36. The number of esters is 1. The molecule has 102 valence electrons. The number of thiophene rings is 1. The van der Waals surface area contributed by atoms with Crippen LogP contribution in [-0.2, 0) is 9.53 Å². The maximum absolute atomic E-state index is 11.5. The van der Waals surface area contributed by atoms with Gasteiger partial charge in [-0.05, 0) is 30.2 Å². The van der Waals surface area contributed by atoms with E-state index in [9.17, 15) is 4.79 Å². The molecule has 5 heteroatoms. The summed E-state index contributed by atoms with van der Waals surface area (Å²) in [6, 6.07) is 1.71. The first-order chi connectivity index (χ1) is 8.35. The number of halogens is 1. The SMILES string of the molecule is CCOC(=O)CC(C)(C)CC(N)c1sccc1Cl. The van der Waals surface area contributed by atoms with Crippen LogP contribution in [0.25, 0.3) is 0 Å². The van der Waals surface area contributed by atoms with Crippen LogP contribution in [-0.4, -0.2) is 12.6 Å². The molecular formula is C13H20ClNO2S. The Morgan fingerprint density at radius 3 is 2.78 bits per heavy atom. The monoisotopic (exact) mass is 289 g/mol. The van der Waals surface area contributed by atoms with E-state index in [2.05, 4.69) is 0 Å². The van der Waals surface area contributed by atoms with Gasteiger partial charge in [0.15, 0.2) is 0 Å². The van der Waals surface area contributed by atoms with E-state index < -0.39 is 0 Å². The smallest absolute Gasteiger partial charge is 0.306 e. The molecule has 0 bridgehead atoms. The van der Waals surface area contributed by atoms with E-state index in [0.717, 1.165) is 4.88 Å². The number of nitrogens with two attached hydrogens (primary N) is 1. The molecular weight excluding hydrogens is 270 g/mol. The average Bonchev–Trinajstić information content (AvgIpc) is 2.62. The fourth-order valence-electron chi connectivity index (χ4n) is 1.93. The van der Waals surface area contributed by atoms with E-state index in [1.54, 1.807) is 11.3 Å². The van der Waals surface area contributed by atoms with Crippen molar-refractivity contribution in [3.05, 3.63) is 21.3 Å². The van der Waals surface area contributed by atoms with E-state index in [1.807, 2.05) is 32.2 Å². The van der Waals surface area contributed by atoms with Crippen LogP contribution in [0, 0.1) is 5.41 Å². The van der Waals surface area contributed by atoms with E-state index in [-0.39, 0.29) is 17.4 Å². The lowest BCUT2D eigenvalue weighted by molar-refractivity contribution is -0.145. The largest absolute Gasteiger partial charge is 0.466 e. The van der Waals surface area contributed by atoms with Crippen LogP contribution in [0.1, 0.15) is 44.5 Å². The fourth-order valence-corrected chi connectivity index (χ4v) is 3.13. The molecule has 1 atom stereocenters. The number of carbonyl (C=O) groups is 1. The minimum atomic E-state index is -0.195. The first kappa shape index (κ1) is 15.5. The summed E-state index contributed by atoms with van der Waals surface area (Å²) in [6.07, 6.45) is 1.07. The lowest BCUT2D eigenvalue weighted by atomic mass is 9.82. The van der Waals surface area contributed by atoms with Gasteiger partial charge in [0.1, 0.15) is 0 Å². The zero-order valence-electron chi connectivity index (χ0n) is 11.0. The summed E-state index contributed by atoms with van der Waals surface area (Å²) in [5.74, 6) is -0.174. The number of hydrogen-bond acceptors (Lipinski definition) is 4. The van der Waals surface area contributed by atoms with E-state index in [1.165, 1.54) is 0 Å². The third-order valence-electron chi connectivity index (χ3n) is 2.68. The molecule has 3 nitrogen and oxygen atoms in total. The van der Waals surface area contributed by atoms with E-state index in [0.29, 0.717) is 24.5 Å². The van der Waals surface area contributed by atoms with Gasteiger partial charge in [-0.1, -0.05) is 25.4 Å². The topological polar surface area (TPSA) is 52.3 Å². The Morgan fingerprint density at radius 2 is 2.28 bits per heavy atom. The molecule has 1 heterocycles. The number of ether oxygens (including phenoxy) is 1. The Kier molecular flexibility index (Phi) is 5.63. The zero-order chi connectivity index (χ0) is 13.8. The Labute approximate surface area is 117 Å². The Bertz CT molecular complexity index is 403. The van der Waals surface area contributed by atoms with Gasteiger partial charge in [0.25, 0.3) is 0 Å². The lowest BCUT2D eigenvalue weighted by Gasteiger charge is -2.26. The first-order valence-electron chi connectivity index (χ1n) is 6.00. The number of carbonyl (C=O) groups excluding carboxylic acids is 1. The van der Waals surface area contributed by atoms with Crippen molar-refractivity contribution in [3.63, 3.8) is 0 Å². The van der Waals surface area contributed by atoms with Crippen LogP contribution in [0.4, 0.5) is 0 Å². The van der Waals surface area contributed by atoms with Crippen molar-refractivity contribution < 1.29 is 9.53 Å². The molecule has 0 aliphatic rings. The predicted octanol–water partition coefficient (Wildman–Crippen LogP) is 3.77. The maximum atomic E-state index is 11.5. The van der Waals surface area contributed by atoms with Crippen LogP contribution in [0.5, 0.6) is 0 Å². The predicted molar refractivity (Wildman–Crippen MR) is 75.9 cm³/mol. The van der Waals surface area contributed by atoms with Gasteiger partial charge in [-0.2, -0.15) is 0 Å². The second kappa shape index (κ2) is 6.55. The average molecular weight is 290 g/mol. The first-order valence-corrected chi connectivity index (χ1v) is 7.25. The standard InChI is InChI=1S/C13H20ClNO2S/c1-4-17-11(16)8-13(2,3)7-10(15)12-9(14)5-6-18-12/h5-6,10H,4,7-8,15H2,1-3H3. The summed E-state index contributed by atoms with van der Waals surface area (Å²) in [6.45, 7) is 6.26. The maximum Gasteiger partial charge on any atom is 0.306 e. The molecule has 1 unspecified atom stereocenters. The normalized spacial score (nSPS) is 13.4. The summed E-state index contributed by atoms with van der Waals surface area (Å²) in [5, 5.41) is 2.63. The molecule has 0 aliphatic heterocycles. The van der Waals surface area contributed by atoms with Gasteiger partial charge in [0.05, 0.1) is 18.1 Å². The van der Waals surface area contributed by atoms with Crippen LogP contribution in [0.3, 0.4) is 0 Å². The highest BCUT2D eigenvalue weighted by molar-refractivity contribution is 7.10. The molecule has 0 fully saturated rings.